The summed E-state index contributed by atoms with van der Waals surface area (Å²) in [5, 5.41) is 6.56. The van der Waals surface area contributed by atoms with Crippen molar-refractivity contribution in [1.29, 1.82) is 0 Å². The van der Waals surface area contributed by atoms with E-state index in [-0.39, 0.29) is 0 Å². The topological polar surface area (TPSA) is 73.3 Å². The predicted octanol–water partition coefficient (Wildman–Crippen LogP) is 2.59. The van der Waals surface area contributed by atoms with E-state index >= 15 is 0 Å². The molecule has 0 unspecified atom stereocenters. The lowest BCUT2D eigenvalue weighted by atomic mass is 10.1. The van der Waals surface area contributed by atoms with Crippen molar-refractivity contribution in [3.05, 3.63) is 47.5 Å². The molecule has 0 aromatic heterocycles. The zero-order valence-electron chi connectivity index (χ0n) is 16.5. The first-order valence-corrected chi connectivity index (χ1v) is 8.52. The number of nitrogens with one attached hydrogen (secondary N) is 2. The minimum Gasteiger partial charge on any atom is -0.496 e. The average molecular weight is 373 g/mol. The van der Waals surface area contributed by atoms with Gasteiger partial charge in [0.25, 0.3) is 0 Å². The lowest BCUT2D eigenvalue weighted by Gasteiger charge is -2.17. The van der Waals surface area contributed by atoms with Gasteiger partial charge in [-0.2, -0.15) is 0 Å². The Morgan fingerprint density at radius 2 is 1.41 bits per heavy atom. The van der Waals surface area contributed by atoms with E-state index in [9.17, 15) is 0 Å². The number of para-hydroxylation sites is 1. The highest BCUT2D eigenvalue weighted by Gasteiger charge is 2.14. The normalized spacial score (nSPS) is 10.9. The van der Waals surface area contributed by atoms with Gasteiger partial charge in [0.1, 0.15) is 23.0 Å². The van der Waals surface area contributed by atoms with Crippen LogP contribution in [-0.4, -0.2) is 41.4 Å². The molecular formula is C20H27N3O4. The van der Waals surface area contributed by atoms with E-state index in [2.05, 4.69) is 15.6 Å². The molecule has 7 nitrogen and oxygen atoms in total. The average Bonchev–Trinajstić information content (AvgIpc) is 2.73. The van der Waals surface area contributed by atoms with Crippen LogP contribution in [0.2, 0.25) is 0 Å². The maximum absolute atomic E-state index is 5.48. The lowest BCUT2D eigenvalue weighted by molar-refractivity contribution is 0.368. The molecule has 0 bridgehead atoms. The Bertz CT molecular complexity index is 753. The largest absolute Gasteiger partial charge is 0.496 e. The number of aliphatic imine (C=N–C) groups is 1. The standard InChI is InChI=1S/C20H27N3O4/c1-21-20(22-12-14-8-6-7-9-17(14)25-3)23-13-16-18(26-4)10-15(24-2)11-19(16)27-5/h6-11H,12-13H2,1-5H3,(H2,21,22,23). The van der Waals surface area contributed by atoms with Crippen LogP contribution < -0.4 is 29.6 Å². The summed E-state index contributed by atoms with van der Waals surface area (Å²) in [6.07, 6.45) is 0. The number of ether oxygens (including phenoxy) is 4. The van der Waals surface area contributed by atoms with Crippen LogP contribution in [-0.2, 0) is 13.1 Å². The molecule has 0 aliphatic heterocycles. The van der Waals surface area contributed by atoms with Crippen molar-refractivity contribution in [2.45, 2.75) is 13.1 Å². The van der Waals surface area contributed by atoms with Crippen LogP contribution >= 0.6 is 0 Å². The molecule has 0 amide bonds. The Balaban J connectivity index is 2.08. The molecule has 0 aliphatic rings. The number of benzene rings is 2. The second-order valence-electron chi connectivity index (χ2n) is 5.60. The molecule has 0 spiro atoms. The van der Waals surface area contributed by atoms with Crippen molar-refractivity contribution in [3.8, 4) is 23.0 Å². The maximum Gasteiger partial charge on any atom is 0.191 e. The van der Waals surface area contributed by atoms with E-state index in [0.29, 0.717) is 36.3 Å². The molecule has 0 fully saturated rings. The third-order valence-electron chi connectivity index (χ3n) is 4.11. The van der Waals surface area contributed by atoms with Crippen LogP contribution in [0.4, 0.5) is 0 Å². The predicted molar refractivity (Wildman–Crippen MR) is 106 cm³/mol. The molecule has 7 heteroatoms. The van der Waals surface area contributed by atoms with E-state index in [1.54, 1.807) is 35.5 Å². The first kappa shape index (κ1) is 20.2. The molecule has 0 saturated carbocycles. The first-order valence-electron chi connectivity index (χ1n) is 8.52. The Morgan fingerprint density at radius 3 is 1.96 bits per heavy atom. The summed E-state index contributed by atoms with van der Waals surface area (Å²) in [6, 6.07) is 11.5. The molecular weight excluding hydrogens is 346 g/mol. The lowest BCUT2D eigenvalue weighted by Crippen LogP contribution is -2.36. The molecule has 27 heavy (non-hydrogen) atoms. The summed E-state index contributed by atoms with van der Waals surface area (Å²) in [5.41, 5.74) is 1.92. The van der Waals surface area contributed by atoms with Crippen LogP contribution in [0.15, 0.2) is 41.4 Å². The Hall–Kier alpha value is -3.09. The summed E-state index contributed by atoms with van der Waals surface area (Å²) in [5.74, 6) is 3.52. The van der Waals surface area contributed by atoms with E-state index in [1.165, 1.54) is 0 Å². The van der Waals surface area contributed by atoms with Gasteiger partial charge in [0.15, 0.2) is 5.96 Å². The van der Waals surface area contributed by atoms with Gasteiger partial charge >= 0.3 is 0 Å². The van der Waals surface area contributed by atoms with Crippen molar-refractivity contribution in [2.24, 2.45) is 4.99 Å². The van der Waals surface area contributed by atoms with Crippen LogP contribution in [0.5, 0.6) is 23.0 Å². The Labute approximate surface area is 160 Å². The zero-order chi connectivity index (χ0) is 19.6. The molecule has 0 saturated heterocycles. The molecule has 0 radical (unpaired) electrons. The summed E-state index contributed by atoms with van der Waals surface area (Å²) < 4.78 is 21.6. The van der Waals surface area contributed by atoms with Gasteiger partial charge in [-0.1, -0.05) is 18.2 Å². The van der Waals surface area contributed by atoms with Gasteiger partial charge < -0.3 is 29.6 Å². The van der Waals surface area contributed by atoms with Gasteiger partial charge in [0, 0.05) is 31.3 Å². The highest BCUT2D eigenvalue weighted by atomic mass is 16.5. The fourth-order valence-corrected chi connectivity index (χ4v) is 2.67. The van der Waals surface area contributed by atoms with Gasteiger partial charge in [-0.3, -0.25) is 4.99 Å². The van der Waals surface area contributed by atoms with E-state index in [1.807, 2.05) is 36.4 Å². The second kappa shape index (κ2) is 10.2. The molecule has 0 heterocycles. The zero-order valence-corrected chi connectivity index (χ0v) is 16.5. The minimum atomic E-state index is 0.474. The van der Waals surface area contributed by atoms with Gasteiger partial charge in [0.05, 0.1) is 40.5 Å². The summed E-state index contributed by atoms with van der Waals surface area (Å²) >= 11 is 0. The van der Waals surface area contributed by atoms with Crippen molar-refractivity contribution >= 4 is 5.96 Å². The van der Waals surface area contributed by atoms with Gasteiger partial charge in [-0.05, 0) is 6.07 Å². The molecule has 2 N–H and O–H groups in total. The summed E-state index contributed by atoms with van der Waals surface area (Å²) in [4.78, 5) is 4.27. The minimum absolute atomic E-state index is 0.474. The first-order chi connectivity index (χ1) is 13.2. The van der Waals surface area contributed by atoms with Gasteiger partial charge in [-0.15, -0.1) is 0 Å². The second-order valence-corrected chi connectivity index (χ2v) is 5.60. The number of methoxy groups -OCH3 is 4. The van der Waals surface area contributed by atoms with Crippen molar-refractivity contribution < 1.29 is 18.9 Å². The van der Waals surface area contributed by atoms with Crippen molar-refractivity contribution in [3.63, 3.8) is 0 Å². The fraction of sp³-hybridized carbons (Fsp3) is 0.350. The third kappa shape index (κ3) is 5.20. The number of hydrogen-bond acceptors (Lipinski definition) is 5. The number of hydrogen-bond donors (Lipinski definition) is 2. The smallest absolute Gasteiger partial charge is 0.191 e. The molecule has 0 atom stereocenters. The van der Waals surface area contributed by atoms with E-state index in [4.69, 9.17) is 18.9 Å². The highest BCUT2D eigenvalue weighted by Crippen LogP contribution is 2.33. The molecule has 2 rings (SSSR count). The van der Waals surface area contributed by atoms with Crippen LogP contribution in [0.1, 0.15) is 11.1 Å². The highest BCUT2D eigenvalue weighted by molar-refractivity contribution is 5.79. The van der Waals surface area contributed by atoms with E-state index in [0.717, 1.165) is 16.9 Å². The number of guanidine groups is 1. The van der Waals surface area contributed by atoms with Crippen LogP contribution in [0, 0.1) is 0 Å². The quantitative estimate of drug-likeness (QED) is 0.547. The fourth-order valence-electron chi connectivity index (χ4n) is 2.67. The third-order valence-corrected chi connectivity index (χ3v) is 4.11. The van der Waals surface area contributed by atoms with Gasteiger partial charge in [-0.25, -0.2) is 0 Å². The molecule has 146 valence electrons. The Kier molecular flexibility index (Phi) is 7.61. The number of rotatable bonds is 8. The number of nitrogens with zero attached hydrogens (tertiary/aromatic N) is 1. The molecule has 2 aromatic carbocycles. The van der Waals surface area contributed by atoms with Gasteiger partial charge in [0.2, 0.25) is 0 Å². The molecule has 2 aromatic rings. The maximum atomic E-state index is 5.48. The summed E-state index contributed by atoms with van der Waals surface area (Å²) in [7, 11) is 8.23. The molecule has 0 aliphatic carbocycles. The Morgan fingerprint density at radius 1 is 0.815 bits per heavy atom. The summed E-state index contributed by atoms with van der Waals surface area (Å²) in [6.45, 7) is 1.06. The monoisotopic (exact) mass is 373 g/mol. The van der Waals surface area contributed by atoms with Crippen molar-refractivity contribution in [2.75, 3.05) is 35.5 Å². The van der Waals surface area contributed by atoms with E-state index < -0.39 is 0 Å². The SMILES string of the molecule is CN=C(NCc1ccccc1OC)NCc1c(OC)cc(OC)cc1OC. The van der Waals surface area contributed by atoms with Crippen LogP contribution in [0.25, 0.3) is 0 Å². The van der Waals surface area contributed by atoms with Crippen LogP contribution in [0.3, 0.4) is 0 Å². The van der Waals surface area contributed by atoms with Crippen molar-refractivity contribution in [1.82, 2.24) is 10.6 Å².